The van der Waals surface area contributed by atoms with Crippen LogP contribution in [0.4, 0.5) is 5.69 Å². The number of benzene rings is 2. The Morgan fingerprint density at radius 1 is 1.00 bits per heavy atom. The third kappa shape index (κ3) is 3.01. The SMILES string of the molecule is Nc1ccc(-c2cc(-c3cccc4c3cnn4C3CCCCO3)cnn2)cc1. The summed E-state index contributed by atoms with van der Waals surface area (Å²) in [6.07, 6.45) is 7.03. The summed E-state index contributed by atoms with van der Waals surface area (Å²) in [5, 5.41) is 14.2. The van der Waals surface area contributed by atoms with Crippen LogP contribution in [0.2, 0.25) is 0 Å². The average molecular weight is 371 g/mol. The van der Waals surface area contributed by atoms with Gasteiger partial charge in [-0.15, -0.1) is 0 Å². The number of fused-ring (bicyclic) bond motifs is 1. The lowest BCUT2D eigenvalue weighted by Crippen LogP contribution is -2.18. The van der Waals surface area contributed by atoms with Crippen molar-refractivity contribution >= 4 is 16.6 Å². The van der Waals surface area contributed by atoms with Crippen LogP contribution < -0.4 is 5.73 Å². The Bertz CT molecular complexity index is 1110. The van der Waals surface area contributed by atoms with E-state index in [2.05, 4.69) is 39.6 Å². The predicted molar refractivity (Wildman–Crippen MR) is 109 cm³/mol. The second-order valence-electron chi connectivity index (χ2n) is 7.10. The summed E-state index contributed by atoms with van der Waals surface area (Å²) in [6.45, 7) is 0.797. The van der Waals surface area contributed by atoms with Crippen molar-refractivity contribution in [3.05, 3.63) is 60.9 Å². The topological polar surface area (TPSA) is 78.8 Å². The van der Waals surface area contributed by atoms with E-state index in [-0.39, 0.29) is 6.23 Å². The van der Waals surface area contributed by atoms with Crippen molar-refractivity contribution in [2.45, 2.75) is 25.5 Å². The largest absolute Gasteiger partial charge is 0.399 e. The van der Waals surface area contributed by atoms with Crippen molar-refractivity contribution in [2.24, 2.45) is 0 Å². The van der Waals surface area contributed by atoms with Gasteiger partial charge in [0.25, 0.3) is 0 Å². The van der Waals surface area contributed by atoms with E-state index in [0.29, 0.717) is 0 Å². The summed E-state index contributed by atoms with van der Waals surface area (Å²) in [5.74, 6) is 0. The number of nitrogens with two attached hydrogens (primary N) is 1. The molecule has 1 saturated heterocycles. The molecular weight excluding hydrogens is 350 g/mol. The van der Waals surface area contributed by atoms with E-state index in [1.54, 1.807) is 6.20 Å². The molecule has 0 bridgehead atoms. The van der Waals surface area contributed by atoms with Crippen LogP contribution in [0.3, 0.4) is 0 Å². The van der Waals surface area contributed by atoms with Crippen LogP contribution in [0.5, 0.6) is 0 Å². The molecule has 0 aliphatic carbocycles. The number of nitrogen functional groups attached to an aromatic ring is 1. The van der Waals surface area contributed by atoms with Gasteiger partial charge in [0.2, 0.25) is 0 Å². The average Bonchev–Trinajstić information content (AvgIpc) is 3.19. The summed E-state index contributed by atoms with van der Waals surface area (Å²) in [5.41, 5.74) is 11.5. The molecule has 1 atom stereocenters. The second-order valence-corrected chi connectivity index (χ2v) is 7.10. The van der Waals surface area contributed by atoms with Gasteiger partial charge in [0.1, 0.15) is 0 Å². The van der Waals surface area contributed by atoms with Gasteiger partial charge in [-0.05, 0) is 49.1 Å². The van der Waals surface area contributed by atoms with Gasteiger partial charge in [0.15, 0.2) is 6.23 Å². The molecule has 2 aromatic heterocycles. The van der Waals surface area contributed by atoms with Crippen LogP contribution in [0.25, 0.3) is 33.3 Å². The first-order chi connectivity index (χ1) is 13.8. The third-order valence-corrected chi connectivity index (χ3v) is 5.24. The fourth-order valence-electron chi connectivity index (χ4n) is 3.78. The molecule has 6 nitrogen and oxygen atoms in total. The fourth-order valence-corrected chi connectivity index (χ4v) is 3.78. The highest BCUT2D eigenvalue weighted by Crippen LogP contribution is 2.33. The van der Waals surface area contributed by atoms with Gasteiger partial charge >= 0.3 is 0 Å². The van der Waals surface area contributed by atoms with Crippen LogP contribution in [0.15, 0.2) is 60.9 Å². The molecule has 6 heteroatoms. The highest BCUT2D eigenvalue weighted by Gasteiger charge is 2.19. The number of rotatable bonds is 3. The molecule has 1 fully saturated rings. The van der Waals surface area contributed by atoms with Crippen molar-refractivity contribution in [3.63, 3.8) is 0 Å². The van der Waals surface area contributed by atoms with E-state index >= 15 is 0 Å². The van der Waals surface area contributed by atoms with Crippen LogP contribution in [-0.4, -0.2) is 26.6 Å². The number of hydrogen-bond acceptors (Lipinski definition) is 5. The molecule has 4 aromatic rings. The molecular formula is C22H21N5O. The van der Waals surface area contributed by atoms with Crippen LogP contribution in [0.1, 0.15) is 25.5 Å². The molecule has 140 valence electrons. The highest BCUT2D eigenvalue weighted by atomic mass is 16.5. The van der Waals surface area contributed by atoms with E-state index in [1.165, 1.54) is 6.42 Å². The Kier molecular flexibility index (Phi) is 4.25. The number of hydrogen-bond donors (Lipinski definition) is 1. The zero-order valence-electron chi connectivity index (χ0n) is 15.5. The number of aromatic nitrogens is 4. The number of anilines is 1. The molecule has 3 heterocycles. The lowest BCUT2D eigenvalue weighted by molar-refractivity contribution is -0.0366. The molecule has 1 unspecified atom stereocenters. The minimum atomic E-state index is 0.0161. The van der Waals surface area contributed by atoms with E-state index in [9.17, 15) is 0 Å². The van der Waals surface area contributed by atoms with Gasteiger partial charge in [-0.25, -0.2) is 4.68 Å². The van der Waals surface area contributed by atoms with Crippen LogP contribution in [0, 0.1) is 0 Å². The van der Waals surface area contributed by atoms with E-state index in [1.807, 2.05) is 35.1 Å². The quantitative estimate of drug-likeness (QED) is 0.539. The Labute approximate surface area is 163 Å². The number of ether oxygens (including phenoxy) is 1. The molecule has 5 rings (SSSR count). The summed E-state index contributed by atoms with van der Waals surface area (Å²) in [6, 6.07) is 16.0. The van der Waals surface area contributed by atoms with E-state index in [0.717, 1.165) is 58.4 Å². The van der Waals surface area contributed by atoms with Gasteiger partial charge in [-0.2, -0.15) is 15.3 Å². The lowest BCUT2D eigenvalue weighted by Gasteiger charge is -2.23. The van der Waals surface area contributed by atoms with Crippen molar-refractivity contribution in [3.8, 4) is 22.4 Å². The maximum Gasteiger partial charge on any atom is 0.150 e. The van der Waals surface area contributed by atoms with Crippen molar-refractivity contribution in [2.75, 3.05) is 12.3 Å². The lowest BCUT2D eigenvalue weighted by atomic mass is 10.0. The van der Waals surface area contributed by atoms with Gasteiger partial charge in [0, 0.05) is 28.8 Å². The smallest absolute Gasteiger partial charge is 0.150 e. The predicted octanol–water partition coefficient (Wildman–Crippen LogP) is 4.44. The molecule has 2 aromatic carbocycles. The highest BCUT2D eigenvalue weighted by molar-refractivity contribution is 5.95. The zero-order chi connectivity index (χ0) is 18.9. The van der Waals surface area contributed by atoms with Gasteiger partial charge in [-0.1, -0.05) is 24.3 Å². The Hall–Kier alpha value is -3.25. The van der Waals surface area contributed by atoms with Crippen LogP contribution in [-0.2, 0) is 4.74 Å². The Balaban J connectivity index is 1.57. The summed E-state index contributed by atoms with van der Waals surface area (Å²) in [4.78, 5) is 0. The van der Waals surface area contributed by atoms with E-state index < -0.39 is 0 Å². The maximum atomic E-state index is 5.93. The van der Waals surface area contributed by atoms with Gasteiger partial charge < -0.3 is 10.5 Å². The monoisotopic (exact) mass is 371 g/mol. The molecule has 0 radical (unpaired) electrons. The van der Waals surface area contributed by atoms with Gasteiger partial charge in [0.05, 0.1) is 23.6 Å². The maximum absolute atomic E-state index is 5.93. The first-order valence-corrected chi connectivity index (χ1v) is 9.56. The first kappa shape index (κ1) is 16.9. The summed E-state index contributed by atoms with van der Waals surface area (Å²) < 4.78 is 7.94. The fraction of sp³-hybridized carbons (Fsp3) is 0.227. The molecule has 2 N–H and O–H groups in total. The molecule has 1 aliphatic rings. The van der Waals surface area contributed by atoms with Crippen molar-refractivity contribution < 1.29 is 4.74 Å². The third-order valence-electron chi connectivity index (χ3n) is 5.24. The Morgan fingerprint density at radius 2 is 1.89 bits per heavy atom. The van der Waals surface area contributed by atoms with Crippen LogP contribution >= 0.6 is 0 Å². The minimum absolute atomic E-state index is 0.0161. The summed E-state index contributed by atoms with van der Waals surface area (Å²) in [7, 11) is 0. The van der Waals surface area contributed by atoms with Crippen molar-refractivity contribution in [1.82, 2.24) is 20.0 Å². The second kappa shape index (κ2) is 7.05. The zero-order valence-corrected chi connectivity index (χ0v) is 15.5. The molecule has 28 heavy (non-hydrogen) atoms. The normalized spacial score (nSPS) is 17.1. The first-order valence-electron chi connectivity index (χ1n) is 9.56. The van der Waals surface area contributed by atoms with Gasteiger partial charge in [-0.3, -0.25) is 0 Å². The van der Waals surface area contributed by atoms with Crippen molar-refractivity contribution in [1.29, 1.82) is 0 Å². The molecule has 0 saturated carbocycles. The number of nitrogens with zero attached hydrogens (tertiary/aromatic N) is 4. The summed E-state index contributed by atoms with van der Waals surface area (Å²) >= 11 is 0. The molecule has 1 aliphatic heterocycles. The minimum Gasteiger partial charge on any atom is -0.399 e. The molecule has 0 spiro atoms. The Morgan fingerprint density at radius 3 is 2.71 bits per heavy atom. The van der Waals surface area contributed by atoms with E-state index in [4.69, 9.17) is 10.5 Å². The standard InChI is InChI=1S/C22H21N5O/c23-17-9-7-15(8-10-17)20-12-16(13-24-26-20)18-4-3-5-21-19(18)14-25-27(21)22-6-1-2-11-28-22/h3-5,7-10,12-14,22H,1-2,6,11,23H2. The molecule has 0 amide bonds.